The molecule has 128 valence electrons. The van der Waals surface area contributed by atoms with Gasteiger partial charge in [0.1, 0.15) is 0 Å². The van der Waals surface area contributed by atoms with Crippen LogP contribution in [0.25, 0.3) is 0 Å². The predicted octanol–water partition coefficient (Wildman–Crippen LogP) is 2.95. The Kier molecular flexibility index (Phi) is 13.1. The Bertz CT molecular complexity index is 339. The summed E-state index contributed by atoms with van der Waals surface area (Å²) in [5.74, 6) is 0. The zero-order valence-electron chi connectivity index (χ0n) is 15.0. The van der Waals surface area contributed by atoms with E-state index < -0.39 is 0 Å². The molecule has 1 aliphatic rings. The van der Waals surface area contributed by atoms with Gasteiger partial charge in [-0.1, -0.05) is 26.5 Å². The first kappa shape index (κ1) is 21.0. The van der Waals surface area contributed by atoms with Crippen molar-refractivity contribution in [2.24, 2.45) is 4.99 Å². The molecule has 1 rings (SSSR count). The molecule has 0 spiro atoms. The highest BCUT2D eigenvalue weighted by atomic mass is 16.3. The normalized spacial score (nSPS) is 20.8. The third-order valence-corrected chi connectivity index (χ3v) is 3.70. The second kappa shape index (κ2) is 13.7. The maximum absolute atomic E-state index is 8.97. The Labute approximate surface area is 137 Å². The van der Waals surface area contributed by atoms with Gasteiger partial charge < -0.3 is 5.11 Å². The molecule has 0 bridgehead atoms. The third-order valence-electron chi connectivity index (χ3n) is 3.70. The number of aliphatic imine (C=N–C) groups is 1. The standard InChI is InChI=1S/C16H29N3O.C2H6/c1-4-7-15(2)17-8-5-6-9-19-11-10-18(12-13-20)14-16(19)3;1-2/h4,7-8,16,20H,1,5-6,9-14H2,2-3H3;1-2H3/b15-7-,17-8?;. The predicted molar refractivity (Wildman–Crippen MR) is 97.6 cm³/mol. The van der Waals surface area contributed by atoms with E-state index in [1.54, 1.807) is 6.08 Å². The summed E-state index contributed by atoms with van der Waals surface area (Å²) in [7, 11) is 0. The SMILES string of the molecule is C=C/C=C(/C)N=CCCCN1CCN(CCO)CC1C.CC. The number of rotatable bonds is 8. The lowest BCUT2D eigenvalue weighted by Crippen LogP contribution is -2.52. The molecule has 1 heterocycles. The van der Waals surface area contributed by atoms with E-state index in [1.165, 1.54) is 0 Å². The molecule has 1 aliphatic heterocycles. The van der Waals surface area contributed by atoms with Gasteiger partial charge in [-0.05, 0) is 39.3 Å². The van der Waals surface area contributed by atoms with Crippen LogP contribution in [0.15, 0.2) is 29.4 Å². The second-order valence-corrected chi connectivity index (χ2v) is 5.41. The Balaban J connectivity index is 0.00000211. The van der Waals surface area contributed by atoms with E-state index in [0.717, 1.165) is 51.3 Å². The molecule has 0 aromatic carbocycles. The van der Waals surface area contributed by atoms with Crippen LogP contribution in [0.4, 0.5) is 0 Å². The molecule has 1 atom stereocenters. The van der Waals surface area contributed by atoms with Crippen LogP contribution in [0.3, 0.4) is 0 Å². The molecule has 4 nitrogen and oxygen atoms in total. The first-order chi connectivity index (χ1) is 10.7. The molecule has 1 unspecified atom stereocenters. The summed E-state index contributed by atoms with van der Waals surface area (Å²) in [6.45, 7) is 17.4. The van der Waals surface area contributed by atoms with E-state index in [0.29, 0.717) is 6.04 Å². The summed E-state index contributed by atoms with van der Waals surface area (Å²) >= 11 is 0. The highest BCUT2D eigenvalue weighted by Gasteiger charge is 2.22. The maximum Gasteiger partial charge on any atom is 0.0558 e. The maximum atomic E-state index is 8.97. The summed E-state index contributed by atoms with van der Waals surface area (Å²) in [5, 5.41) is 8.97. The average molecular weight is 309 g/mol. The van der Waals surface area contributed by atoms with Crippen LogP contribution in [-0.2, 0) is 0 Å². The van der Waals surface area contributed by atoms with Crippen molar-refractivity contribution < 1.29 is 5.11 Å². The van der Waals surface area contributed by atoms with Crippen molar-refractivity contribution in [3.8, 4) is 0 Å². The van der Waals surface area contributed by atoms with Gasteiger partial charge in [0.05, 0.1) is 6.61 Å². The number of β-amino-alcohol motifs (C(OH)–C–C–N with tert-alkyl or cyclic N) is 1. The summed E-state index contributed by atoms with van der Waals surface area (Å²) in [4.78, 5) is 9.24. The second-order valence-electron chi connectivity index (χ2n) is 5.41. The molecular weight excluding hydrogens is 274 g/mol. The van der Waals surface area contributed by atoms with Gasteiger partial charge in [-0.3, -0.25) is 14.8 Å². The molecule has 1 fully saturated rings. The van der Waals surface area contributed by atoms with E-state index >= 15 is 0 Å². The van der Waals surface area contributed by atoms with Gasteiger partial charge in [-0.25, -0.2) is 0 Å². The number of aliphatic hydroxyl groups is 1. The molecule has 1 saturated heterocycles. The van der Waals surface area contributed by atoms with Crippen molar-refractivity contribution in [1.82, 2.24) is 9.80 Å². The number of allylic oxidation sites excluding steroid dienone is 3. The topological polar surface area (TPSA) is 39.1 Å². The molecule has 0 amide bonds. The van der Waals surface area contributed by atoms with Crippen LogP contribution >= 0.6 is 0 Å². The van der Waals surface area contributed by atoms with E-state index in [-0.39, 0.29) is 6.61 Å². The Morgan fingerprint density at radius 1 is 1.32 bits per heavy atom. The minimum Gasteiger partial charge on any atom is -0.395 e. The Hall–Kier alpha value is -0.970. The fourth-order valence-corrected chi connectivity index (χ4v) is 2.56. The van der Waals surface area contributed by atoms with Crippen molar-refractivity contribution in [2.45, 2.75) is 46.6 Å². The van der Waals surface area contributed by atoms with Gasteiger partial charge in [0.2, 0.25) is 0 Å². The van der Waals surface area contributed by atoms with Crippen molar-refractivity contribution in [2.75, 3.05) is 39.3 Å². The fraction of sp³-hybridized carbons (Fsp3) is 0.722. The van der Waals surface area contributed by atoms with Crippen molar-refractivity contribution in [3.63, 3.8) is 0 Å². The first-order valence-electron chi connectivity index (χ1n) is 8.56. The lowest BCUT2D eigenvalue weighted by Gasteiger charge is -2.39. The van der Waals surface area contributed by atoms with Crippen molar-refractivity contribution in [3.05, 3.63) is 24.4 Å². The van der Waals surface area contributed by atoms with Gasteiger partial charge >= 0.3 is 0 Å². The molecule has 1 N–H and O–H groups in total. The lowest BCUT2D eigenvalue weighted by atomic mass is 10.1. The quantitative estimate of drug-likeness (QED) is 0.426. The summed E-state index contributed by atoms with van der Waals surface area (Å²) in [6, 6.07) is 0.578. The van der Waals surface area contributed by atoms with Crippen molar-refractivity contribution >= 4 is 6.21 Å². The van der Waals surface area contributed by atoms with Gasteiger partial charge in [0.25, 0.3) is 0 Å². The van der Waals surface area contributed by atoms with Crippen LogP contribution in [0, 0.1) is 0 Å². The molecule has 4 heteroatoms. The molecule has 0 aromatic rings. The first-order valence-corrected chi connectivity index (χ1v) is 8.56. The van der Waals surface area contributed by atoms with Crippen molar-refractivity contribution in [1.29, 1.82) is 0 Å². The smallest absolute Gasteiger partial charge is 0.0558 e. The van der Waals surface area contributed by atoms with Gasteiger partial charge in [-0.2, -0.15) is 0 Å². The van der Waals surface area contributed by atoms with Crippen LogP contribution in [0.1, 0.15) is 40.5 Å². The number of hydrogen-bond acceptors (Lipinski definition) is 4. The van der Waals surface area contributed by atoms with E-state index in [9.17, 15) is 0 Å². The van der Waals surface area contributed by atoms with E-state index in [1.807, 2.05) is 33.1 Å². The highest BCUT2D eigenvalue weighted by Crippen LogP contribution is 2.10. The highest BCUT2D eigenvalue weighted by molar-refractivity contribution is 5.58. The molecule has 22 heavy (non-hydrogen) atoms. The number of hydrogen-bond donors (Lipinski definition) is 1. The minimum atomic E-state index is 0.265. The summed E-state index contributed by atoms with van der Waals surface area (Å²) in [5.41, 5.74) is 1.01. The molecule has 0 aliphatic carbocycles. The molecule has 0 saturated carbocycles. The number of nitrogens with zero attached hydrogens (tertiary/aromatic N) is 3. The minimum absolute atomic E-state index is 0.265. The van der Waals surface area contributed by atoms with E-state index in [2.05, 4.69) is 28.3 Å². The molecule has 0 radical (unpaired) electrons. The fourth-order valence-electron chi connectivity index (χ4n) is 2.56. The summed E-state index contributed by atoms with van der Waals surface area (Å²) < 4.78 is 0. The number of aliphatic hydroxyl groups excluding tert-OH is 1. The van der Waals surface area contributed by atoms with Gasteiger partial charge in [0.15, 0.2) is 0 Å². The van der Waals surface area contributed by atoms with Gasteiger partial charge in [0, 0.05) is 44.1 Å². The summed E-state index contributed by atoms with van der Waals surface area (Å²) in [6.07, 6.45) is 7.85. The zero-order chi connectivity index (χ0) is 16.8. The van der Waals surface area contributed by atoms with E-state index in [4.69, 9.17) is 5.11 Å². The molecule has 0 aromatic heterocycles. The average Bonchev–Trinajstić information content (AvgIpc) is 2.51. The van der Waals surface area contributed by atoms with Crippen LogP contribution in [0.2, 0.25) is 0 Å². The van der Waals surface area contributed by atoms with Crippen LogP contribution in [0.5, 0.6) is 0 Å². The zero-order valence-corrected chi connectivity index (χ0v) is 15.0. The largest absolute Gasteiger partial charge is 0.395 e. The van der Waals surface area contributed by atoms with Crippen LogP contribution < -0.4 is 0 Å². The third kappa shape index (κ3) is 9.13. The number of piperazine rings is 1. The Morgan fingerprint density at radius 3 is 2.64 bits per heavy atom. The van der Waals surface area contributed by atoms with Crippen LogP contribution in [-0.4, -0.2) is 66.5 Å². The van der Waals surface area contributed by atoms with Gasteiger partial charge in [-0.15, -0.1) is 0 Å². The number of unbranched alkanes of at least 4 members (excludes halogenated alkanes) is 1. The monoisotopic (exact) mass is 309 g/mol. The lowest BCUT2D eigenvalue weighted by molar-refractivity contribution is 0.0711. The molecular formula is C18H35N3O. The Morgan fingerprint density at radius 2 is 2.05 bits per heavy atom.